The van der Waals surface area contributed by atoms with Crippen molar-refractivity contribution >= 4 is 11.6 Å². The first-order valence-corrected chi connectivity index (χ1v) is 4.65. The molecule has 0 spiro atoms. The summed E-state index contributed by atoms with van der Waals surface area (Å²) in [7, 11) is 0. The number of nitrogens with zero attached hydrogens (tertiary/aromatic N) is 1. The minimum absolute atomic E-state index is 0.312. The van der Waals surface area contributed by atoms with Gasteiger partial charge in [-0.05, 0) is 24.5 Å². The van der Waals surface area contributed by atoms with Gasteiger partial charge in [-0.2, -0.15) is 0 Å². The maximum atomic E-state index is 9.51. The third kappa shape index (κ3) is 1.55. The number of hydrogen-bond donors (Lipinski definition) is 2. The van der Waals surface area contributed by atoms with Crippen LogP contribution in [0.5, 0.6) is 0 Å². The summed E-state index contributed by atoms with van der Waals surface area (Å²) in [6.45, 7) is 0. The smallest absolute Gasteiger partial charge is 0.129 e. The number of aromatic nitrogens is 1. The van der Waals surface area contributed by atoms with E-state index in [2.05, 4.69) is 4.98 Å². The van der Waals surface area contributed by atoms with Crippen LogP contribution in [0.3, 0.4) is 0 Å². The lowest BCUT2D eigenvalue weighted by atomic mass is 9.90. The summed E-state index contributed by atoms with van der Waals surface area (Å²) in [5, 5.41) is 10.00. The first-order valence-electron chi connectivity index (χ1n) is 4.27. The van der Waals surface area contributed by atoms with Crippen LogP contribution in [-0.4, -0.2) is 16.2 Å². The summed E-state index contributed by atoms with van der Waals surface area (Å²) in [6, 6.07) is 3.24. The summed E-state index contributed by atoms with van der Waals surface area (Å²) in [5.41, 5.74) is 7.65. The Bertz CT molecular complexity index is 329. The molecule has 0 amide bonds. The summed E-state index contributed by atoms with van der Waals surface area (Å²) < 4.78 is 0. The van der Waals surface area contributed by atoms with Gasteiger partial charge in [-0.25, -0.2) is 4.98 Å². The number of pyridine rings is 1. The average molecular weight is 199 g/mol. The molecule has 1 aromatic rings. The van der Waals surface area contributed by atoms with E-state index in [1.54, 1.807) is 6.07 Å². The maximum Gasteiger partial charge on any atom is 0.129 e. The van der Waals surface area contributed by atoms with Gasteiger partial charge in [-0.15, -0.1) is 0 Å². The van der Waals surface area contributed by atoms with Gasteiger partial charge in [-0.3, -0.25) is 0 Å². The SMILES string of the molecule is N[C@H]1c2ccc(Cl)nc2CC[C@@H]1O. The highest BCUT2D eigenvalue weighted by molar-refractivity contribution is 6.29. The highest BCUT2D eigenvalue weighted by Crippen LogP contribution is 2.27. The number of halogens is 1. The lowest BCUT2D eigenvalue weighted by Gasteiger charge is -2.26. The van der Waals surface area contributed by atoms with Crippen molar-refractivity contribution in [2.24, 2.45) is 5.73 Å². The van der Waals surface area contributed by atoms with Gasteiger partial charge in [0.05, 0.1) is 12.1 Å². The Morgan fingerprint density at radius 1 is 1.54 bits per heavy atom. The van der Waals surface area contributed by atoms with Crippen molar-refractivity contribution in [2.45, 2.75) is 25.0 Å². The van der Waals surface area contributed by atoms with E-state index in [1.165, 1.54) is 0 Å². The molecule has 1 aliphatic rings. The van der Waals surface area contributed by atoms with Crippen LogP contribution in [0.15, 0.2) is 12.1 Å². The van der Waals surface area contributed by atoms with Crippen LogP contribution in [0.25, 0.3) is 0 Å². The Morgan fingerprint density at radius 2 is 2.31 bits per heavy atom. The Morgan fingerprint density at radius 3 is 3.08 bits per heavy atom. The van der Waals surface area contributed by atoms with Gasteiger partial charge in [0.25, 0.3) is 0 Å². The van der Waals surface area contributed by atoms with Gasteiger partial charge < -0.3 is 10.8 Å². The van der Waals surface area contributed by atoms with E-state index in [0.717, 1.165) is 17.7 Å². The summed E-state index contributed by atoms with van der Waals surface area (Å²) >= 11 is 5.75. The molecule has 1 heterocycles. The van der Waals surface area contributed by atoms with E-state index < -0.39 is 6.10 Å². The Balaban J connectivity index is 2.44. The average Bonchev–Trinajstić information content (AvgIpc) is 2.12. The zero-order valence-corrected chi connectivity index (χ0v) is 7.83. The lowest BCUT2D eigenvalue weighted by molar-refractivity contribution is 0.127. The van der Waals surface area contributed by atoms with Crippen LogP contribution < -0.4 is 5.73 Å². The molecule has 13 heavy (non-hydrogen) atoms. The van der Waals surface area contributed by atoms with Crippen LogP contribution in [0.2, 0.25) is 5.15 Å². The van der Waals surface area contributed by atoms with E-state index in [0.29, 0.717) is 11.6 Å². The standard InChI is InChI=1S/C9H11ClN2O/c10-8-4-1-5-6(12-8)2-3-7(13)9(5)11/h1,4,7,9,13H,2-3,11H2/t7-,9-/m0/s1. The number of fused-ring (bicyclic) bond motifs is 1. The lowest BCUT2D eigenvalue weighted by Crippen LogP contribution is -2.31. The molecule has 0 saturated heterocycles. The molecule has 0 saturated carbocycles. The molecule has 2 rings (SSSR count). The molecular weight excluding hydrogens is 188 g/mol. The van der Waals surface area contributed by atoms with Gasteiger partial charge in [0.1, 0.15) is 5.15 Å². The fraction of sp³-hybridized carbons (Fsp3) is 0.444. The largest absolute Gasteiger partial charge is 0.391 e. The second kappa shape index (κ2) is 3.25. The zero-order chi connectivity index (χ0) is 9.42. The van der Waals surface area contributed by atoms with E-state index in [1.807, 2.05) is 6.07 Å². The molecule has 0 unspecified atom stereocenters. The predicted molar refractivity (Wildman–Crippen MR) is 50.5 cm³/mol. The number of aryl methyl sites for hydroxylation is 1. The van der Waals surface area contributed by atoms with Crippen LogP contribution in [0.4, 0.5) is 0 Å². The molecule has 2 atom stereocenters. The van der Waals surface area contributed by atoms with Crippen LogP contribution >= 0.6 is 11.6 Å². The first kappa shape index (κ1) is 8.94. The van der Waals surface area contributed by atoms with E-state index in [9.17, 15) is 5.11 Å². The van der Waals surface area contributed by atoms with Crippen molar-refractivity contribution in [3.05, 3.63) is 28.5 Å². The quantitative estimate of drug-likeness (QED) is 0.613. The molecule has 70 valence electrons. The van der Waals surface area contributed by atoms with Crippen molar-refractivity contribution in [1.29, 1.82) is 0 Å². The normalized spacial score (nSPS) is 27.0. The fourth-order valence-electron chi connectivity index (χ4n) is 1.66. The minimum atomic E-state index is -0.449. The first-order chi connectivity index (χ1) is 6.18. The highest BCUT2D eigenvalue weighted by Gasteiger charge is 2.25. The molecule has 4 heteroatoms. The second-order valence-corrected chi connectivity index (χ2v) is 3.69. The fourth-order valence-corrected chi connectivity index (χ4v) is 1.83. The Labute approximate surface area is 81.5 Å². The second-order valence-electron chi connectivity index (χ2n) is 3.30. The van der Waals surface area contributed by atoms with Crippen molar-refractivity contribution < 1.29 is 5.11 Å². The van der Waals surface area contributed by atoms with Crippen LogP contribution in [0.1, 0.15) is 23.7 Å². The highest BCUT2D eigenvalue weighted by atomic mass is 35.5. The molecule has 0 fully saturated rings. The molecule has 3 N–H and O–H groups in total. The molecular formula is C9H11ClN2O. The van der Waals surface area contributed by atoms with Gasteiger partial charge in [0.15, 0.2) is 0 Å². The molecule has 1 aromatic heterocycles. The minimum Gasteiger partial charge on any atom is -0.391 e. The van der Waals surface area contributed by atoms with Crippen molar-refractivity contribution in [3.63, 3.8) is 0 Å². The number of aliphatic hydroxyl groups is 1. The number of aliphatic hydroxyl groups excluding tert-OH is 1. The van der Waals surface area contributed by atoms with Crippen molar-refractivity contribution in [1.82, 2.24) is 4.98 Å². The summed E-state index contributed by atoms with van der Waals surface area (Å²) in [5.74, 6) is 0. The number of hydrogen-bond acceptors (Lipinski definition) is 3. The molecule has 0 aromatic carbocycles. The van der Waals surface area contributed by atoms with Gasteiger partial charge in [0.2, 0.25) is 0 Å². The number of nitrogens with two attached hydrogens (primary N) is 1. The van der Waals surface area contributed by atoms with E-state index >= 15 is 0 Å². The maximum absolute atomic E-state index is 9.51. The Kier molecular flexibility index (Phi) is 2.24. The zero-order valence-electron chi connectivity index (χ0n) is 7.07. The molecule has 0 bridgehead atoms. The van der Waals surface area contributed by atoms with E-state index in [4.69, 9.17) is 17.3 Å². The monoisotopic (exact) mass is 198 g/mol. The summed E-state index contributed by atoms with van der Waals surface area (Å²) in [4.78, 5) is 4.17. The number of rotatable bonds is 0. The van der Waals surface area contributed by atoms with E-state index in [-0.39, 0.29) is 6.04 Å². The predicted octanol–water partition coefficient (Wildman–Crippen LogP) is 1.04. The third-order valence-corrected chi connectivity index (χ3v) is 2.64. The Hall–Kier alpha value is -0.640. The molecule has 0 aliphatic heterocycles. The van der Waals surface area contributed by atoms with Crippen molar-refractivity contribution in [2.75, 3.05) is 0 Å². The molecule has 1 aliphatic carbocycles. The summed E-state index contributed by atoms with van der Waals surface area (Å²) in [6.07, 6.45) is 0.974. The topological polar surface area (TPSA) is 59.1 Å². The third-order valence-electron chi connectivity index (χ3n) is 2.43. The van der Waals surface area contributed by atoms with Gasteiger partial charge in [-0.1, -0.05) is 17.7 Å². The van der Waals surface area contributed by atoms with Crippen molar-refractivity contribution in [3.8, 4) is 0 Å². The molecule has 3 nitrogen and oxygen atoms in total. The van der Waals surface area contributed by atoms with Gasteiger partial charge >= 0.3 is 0 Å². The van der Waals surface area contributed by atoms with Gasteiger partial charge in [0, 0.05) is 5.69 Å². The van der Waals surface area contributed by atoms with Crippen LogP contribution in [0, 0.1) is 0 Å². The van der Waals surface area contributed by atoms with Crippen LogP contribution in [-0.2, 0) is 6.42 Å². The molecule has 0 radical (unpaired) electrons.